The van der Waals surface area contributed by atoms with Crippen LogP contribution in [0.1, 0.15) is 12.5 Å². The van der Waals surface area contributed by atoms with E-state index < -0.39 is 23.2 Å². The quantitative estimate of drug-likeness (QED) is 0.832. The van der Waals surface area contributed by atoms with Crippen molar-refractivity contribution in [1.82, 2.24) is 0 Å². The Labute approximate surface area is 90.1 Å². The van der Waals surface area contributed by atoms with E-state index >= 15 is 0 Å². The highest BCUT2D eigenvalue weighted by Crippen LogP contribution is 2.39. The fourth-order valence-electron chi connectivity index (χ4n) is 1.16. The molecule has 0 aliphatic carbocycles. The Morgan fingerprint density at radius 1 is 1.50 bits per heavy atom. The highest BCUT2D eigenvalue weighted by Gasteiger charge is 2.44. The number of phenols is 1. The second-order valence-electron chi connectivity index (χ2n) is 2.96. The zero-order valence-electron chi connectivity index (χ0n) is 8.41. The second kappa shape index (κ2) is 4.34. The molecule has 0 aromatic heterocycles. The first-order valence-corrected chi connectivity index (χ1v) is 4.47. The normalized spacial score (nSPS) is 11.2. The molecule has 0 bridgehead atoms. The molecule has 2 N–H and O–H groups in total. The van der Waals surface area contributed by atoms with Gasteiger partial charge in [0, 0.05) is 0 Å². The van der Waals surface area contributed by atoms with E-state index in [-0.39, 0.29) is 12.4 Å². The number of alkyl halides is 2. The van der Waals surface area contributed by atoms with Crippen molar-refractivity contribution < 1.29 is 28.5 Å². The Morgan fingerprint density at radius 2 is 2.12 bits per heavy atom. The van der Waals surface area contributed by atoms with E-state index in [1.54, 1.807) is 6.92 Å². The van der Waals surface area contributed by atoms with Gasteiger partial charge < -0.3 is 14.9 Å². The molecule has 4 nitrogen and oxygen atoms in total. The molecule has 0 amide bonds. The monoisotopic (exact) mass is 232 g/mol. The van der Waals surface area contributed by atoms with Crippen LogP contribution in [0.25, 0.3) is 0 Å². The molecule has 0 atom stereocenters. The van der Waals surface area contributed by atoms with Crippen LogP contribution in [-0.4, -0.2) is 22.8 Å². The summed E-state index contributed by atoms with van der Waals surface area (Å²) in [5, 5.41) is 17.8. The maximum absolute atomic E-state index is 13.1. The first-order valence-electron chi connectivity index (χ1n) is 4.47. The summed E-state index contributed by atoms with van der Waals surface area (Å²) in [4.78, 5) is 10.3. The standard InChI is InChI=1S/C10H10F2O4/c1-2-16-7-5-3-4-6(8(7)13)10(11,12)9(14)15/h3-5,13H,2H2,1H3,(H,14,15). The summed E-state index contributed by atoms with van der Waals surface area (Å²) >= 11 is 0. The largest absolute Gasteiger partial charge is 0.504 e. The Hall–Kier alpha value is -1.85. The van der Waals surface area contributed by atoms with Gasteiger partial charge in [0.2, 0.25) is 0 Å². The van der Waals surface area contributed by atoms with Gasteiger partial charge in [0.1, 0.15) is 0 Å². The number of hydrogen-bond acceptors (Lipinski definition) is 3. The van der Waals surface area contributed by atoms with Gasteiger partial charge >= 0.3 is 11.9 Å². The number of benzene rings is 1. The third-order valence-electron chi connectivity index (χ3n) is 1.91. The number of aliphatic carboxylic acids is 1. The summed E-state index contributed by atoms with van der Waals surface area (Å²) in [5.74, 6) is -7.48. The van der Waals surface area contributed by atoms with Gasteiger partial charge in [-0.05, 0) is 19.1 Å². The predicted octanol–water partition coefficient (Wildman–Crippen LogP) is 1.97. The molecule has 0 fully saturated rings. The smallest absolute Gasteiger partial charge is 0.379 e. The molecule has 0 saturated carbocycles. The lowest BCUT2D eigenvalue weighted by atomic mass is 10.1. The summed E-state index contributed by atoms with van der Waals surface area (Å²) in [7, 11) is 0. The fraction of sp³-hybridized carbons (Fsp3) is 0.300. The molecule has 1 aromatic carbocycles. The summed E-state index contributed by atoms with van der Waals surface area (Å²) in [5.41, 5.74) is -0.981. The predicted molar refractivity (Wildman–Crippen MR) is 50.8 cm³/mol. The number of carboxylic acids is 1. The Bertz CT molecular complexity index is 404. The third-order valence-corrected chi connectivity index (χ3v) is 1.91. The van der Waals surface area contributed by atoms with Crippen molar-refractivity contribution in [3.63, 3.8) is 0 Å². The zero-order chi connectivity index (χ0) is 12.3. The van der Waals surface area contributed by atoms with Gasteiger partial charge in [-0.1, -0.05) is 6.07 Å². The van der Waals surface area contributed by atoms with Gasteiger partial charge in [-0.2, -0.15) is 8.78 Å². The first kappa shape index (κ1) is 12.2. The first-order chi connectivity index (χ1) is 7.41. The van der Waals surface area contributed by atoms with E-state index in [1.807, 2.05) is 0 Å². The highest BCUT2D eigenvalue weighted by molar-refractivity contribution is 5.79. The molecule has 0 aliphatic heterocycles. The number of carbonyl (C=O) groups is 1. The van der Waals surface area contributed by atoms with Crippen molar-refractivity contribution >= 4 is 5.97 Å². The van der Waals surface area contributed by atoms with Crippen LogP contribution in [-0.2, 0) is 10.7 Å². The molecule has 0 radical (unpaired) electrons. The SMILES string of the molecule is CCOc1cccc(C(F)(F)C(=O)O)c1O. The van der Waals surface area contributed by atoms with Crippen molar-refractivity contribution in [2.45, 2.75) is 12.8 Å². The maximum atomic E-state index is 13.1. The van der Waals surface area contributed by atoms with Crippen LogP contribution in [0.4, 0.5) is 8.78 Å². The number of aromatic hydroxyl groups is 1. The summed E-state index contributed by atoms with van der Waals surface area (Å²) in [6, 6.07) is 3.31. The van der Waals surface area contributed by atoms with Crippen molar-refractivity contribution in [2.24, 2.45) is 0 Å². The average molecular weight is 232 g/mol. The molecule has 0 spiro atoms. The molecule has 88 valence electrons. The minimum atomic E-state index is -4.14. The van der Waals surface area contributed by atoms with Crippen molar-refractivity contribution in [3.8, 4) is 11.5 Å². The van der Waals surface area contributed by atoms with Gasteiger partial charge in [-0.3, -0.25) is 0 Å². The van der Waals surface area contributed by atoms with Gasteiger partial charge in [-0.15, -0.1) is 0 Å². The number of ether oxygens (including phenoxy) is 1. The van der Waals surface area contributed by atoms with Gasteiger partial charge in [0.25, 0.3) is 0 Å². The maximum Gasteiger partial charge on any atom is 0.379 e. The molecule has 0 heterocycles. The molecule has 0 unspecified atom stereocenters. The van der Waals surface area contributed by atoms with Crippen LogP contribution in [0, 0.1) is 0 Å². The number of rotatable bonds is 4. The van der Waals surface area contributed by atoms with Gasteiger partial charge in [0.15, 0.2) is 11.5 Å². The van der Waals surface area contributed by atoms with Crippen LogP contribution in [0.3, 0.4) is 0 Å². The molecular formula is C10H10F2O4. The van der Waals surface area contributed by atoms with Crippen LogP contribution in [0.2, 0.25) is 0 Å². The minimum absolute atomic E-state index is 0.166. The number of carboxylic acid groups (broad SMARTS) is 1. The van der Waals surface area contributed by atoms with E-state index in [0.29, 0.717) is 0 Å². The van der Waals surface area contributed by atoms with E-state index in [2.05, 4.69) is 0 Å². The summed E-state index contributed by atoms with van der Waals surface area (Å²) < 4.78 is 31.2. The minimum Gasteiger partial charge on any atom is -0.504 e. The van der Waals surface area contributed by atoms with Crippen LogP contribution < -0.4 is 4.74 Å². The Morgan fingerprint density at radius 3 is 2.62 bits per heavy atom. The Kier molecular flexibility index (Phi) is 3.31. The van der Waals surface area contributed by atoms with Crippen molar-refractivity contribution in [2.75, 3.05) is 6.61 Å². The molecular weight excluding hydrogens is 222 g/mol. The lowest BCUT2D eigenvalue weighted by Crippen LogP contribution is -2.25. The molecule has 1 aromatic rings. The van der Waals surface area contributed by atoms with E-state index in [9.17, 15) is 18.7 Å². The van der Waals surface area contributed by atoms with E-state index in [4.69, 9.17) is 9.84 Å². The van der Waals surface area contributed by atoms with Gasteiger partial charge in [-0.25, -0.2) is 4.79 Å². The van der Waals surface area contributed by atoms with Crippen LogP contribution >= 0.6 is 0 Å². The van der Waals surface area contributed by atoms with Crippen LogP contribution in [0.15, 0.2) is 18.2 Å². The lowest BCUT2D eigenvalue weighted by molar-refractivity contribution is -0.166. The summed E-state index contributed by atoms with van der Waals surface area (Å²) in [6.45, 7) is 1.79. The van der Waals surface area contributed by atoms with Crippen molar-refractivity contribution in [1.29, 1.82) is 0 Å². The topological polar surface area (TPSA) is 66.8 Å². The van der Waals surface area contributed by atoms with Crippen LogP contribution in [0.5, 0.6) is 11.5 Å². The van der Waals surface area contributed by atoms with E-state index in [1.165, 1.54) is 12.1 Å². The third kappa shape index (κ3) is 2.05. The fourth-order valence-corrected chi connectivity index (χ4v) is 1.16. The number of para-hydroxylation sites is 1. The number of phenolic OH excluding ortho intramolecular Hbond substituents is 1. The lowest BCUT2D eigenvalue weighted by Gasteiger charge is -2.15. The van der Waals surface area contributed by atoms with E-state index in [0.717, 1.165) is 6.07 Å². The Balaban J connectivity index is 3.25. The number of halogens is 2. The zero-order valence-corrected chi connectivity index (χ0v) is 8.41. The summed E-state index contributed by atoms with van der Waals surface area (Å²) in [6.07, 6.45) is 0. The molecule has 0 aliphatic rings. The highest BCUT2D eigenvalue weighted by atomic mass is 19.3. The van der Waals surface area contributed by atoms with Crippen molar-refractivity contribution in [3.05, 3.63) is 23.8 Å². The second-order valence-corrected chi connectivity index (χ2v) is 2.96. The molecule has 6 heteroatoms. The number of hydrogen-bond donors (Lipinski definition) is 2. The average Bonchev–Trinajstić information content (AvgIpc) is 2.21. The molecule has 1 rings (SSSR count). The molecule has 0 saturated heterocycles. The molecule has 16 heavy (non-hydrogen) atoms. The van der Waals surface area contributed by atoms with Gasteiger partial charge in [0.05, 0.1) is 12.2 Å².